The van der Waals surface area contributed by atoms with Gasteiger partial charge in [-0.1, -0.05) is 0 Å². The SMILES string of the molecule is CCOC1C2CC3CC2CC31. The van der Waals surface area contributed by atoms with E-state index in [0.29, 0.717) is 6.10 Å². The first-order chi connectivity index (χ1) is 5.40. The summed E-state index contributed by atoms with van der Waals surface area (Å²) >= 11 is 0. The van der Waals surface area contributed by atoms with Gasteiger partial charge in [0.1, 0.15) is 0 Å². The molecule has 1 heteroatoms. The predicted octanol–water partition coefficient (Wildman–Crippen LogP) is 2.07. The van der Waals surface area contributed by atoms with E-state index >= 15 is 0 Å². The summed E-state index contributed by atoms with van der Waals surface area (Å²) in [6.45, 7) is 3.06. The Morgan fingerprint density at radius 2 is 1.73 bits per heavy atom. The van der Waals surface area contributed by atoms with E-state index in [0.717, 1.165) is 30.3 Å². The molecule has 4 aliphatic rings. The maximum atomic E-state index is 5.79. The van der Waals surface area contributed by atoms with Crippen molar-refractivity contribution in [3.8, 4) is 0 Å². The van der Waals surface area contributed by atoms with Crippen molar-refractivity contribution < 1.29 is 4.74 Å². The molecule has 11 heavy (non-hydrogen) atoms. The standard InChI is InChI=1S/C10H16O/c1-2-11-10-8-4-6-3-7(8)5-9(6)10/h6-10H,2-5H2,1H3. The van der Waals surface area contributed by atoms with Gasteiger partial charge >= 0.3 is 0 Å². The quantitative estimate of drug-likeness (QED) is 0.588. The van der Waals surface area contributed by atoms with E-state index in [2.05, 4.69) is 6.92 Å². The van der Waals surface area contributed by atoms with Gasteiger partial charge in [0.2, 0.25) is 0 Å². The van der Waals surface area contributed by atoms with E-state index in [4.69, 9.17) is 4.74 Å². The molecule has 4 rings (SSSR count). The Kier molecular flexibility index (Phi) is 1.18. The molecule has 0 spiro atoms. The molecular formula is C10H16O. The van der Waals surface area contributed by atoms with Crippen LogP contribution in [0.2, 0.25) is 0 Å². The lowest BCUT2D eigenvalue weighted by atomic mass is 9.98. The van der Waals surface area contributed by atoms with Crippen molar-refractivity contribution in [3.63, 3.8) is 0 Å². The molecule has 4 saturated carbocycles. The third-order valence-corrected chi connectivity index (χ3v) is 4.17. The Balaban J connectivity index is 1.82. The molecule has 0 heterocycles. The van der Waals surface area contributed by atoms with Crippen LogP contribution < -0.4 is 0 Å². The smallest absolute Gasteiger partial charge is 0.0636 e. The second kappa shape index (κ2) is 2.01. The van der Waals surface area contributed by atoms with E-state index in [1.54, 1.807) is 6.42 Å². The van der Waals surface area contributed by atoms with Crippen molar-refractivity contribution in [1.29, 1.82) is 0 Å². The average Bonchev–Trinajstić information content (AvgIpc) is 2.64. The lowest BCUT2D eigenvalue weighted by molar-refractivity contribution is 0.0151. The molecule has 4 bridgehead atoms. The highest BCUT2D eigenvalue weighted by Crippen LogP contribution is 2.63. The van der Waals surface area contributed by atoms with Crippen LogP contribution in [0.5, 0.6) is 0 Å². The fourth-order valence-electron chi connectivity index (χ4n) is 3.93. The van der Waals surface area contributed by atoms with E-state index in [9.17, 15) is 0 Å². The summed E-state index contributed by atoms with van der Waals surface area (Å²) in [6, 6.07) is 0. The highest BCUT2D eigenvalue weighted by molar-refractivity contribution is 5.09. The zero-order valence-electron chi connectivity index (χ0n) is 7.12. The van der Waals surface area contributed by atoms with Crippen molar-refractivity contribution in [1.82, 2.24) is 0 Å². The van der Waals surface area contributed by atoms with Crippen LogP contribution in [0.3, 0.4) is 0 Å². The maximum Gasteiger partial charge on any atom is 0.0636 e. The molecule has 62 valence electrons. The summed E-state index contributed by atoms with van der Waals surface area (Å²) < 4.78 is 5.79. The van der Waals surface area contributed by atoms with Crippen LogP contribution in [0, 0.1) is 23.7 Å². The number of hydrogen-bond donors (Lipinski definition) is 0. The normalized spacial score (nSPS) is 58.1. The molecule has 0 N–H and O–H groups in total. The van der Waals surface area contributed by atoms with Crippen molar-refractivity contribution in [3.05, 3.63) is 0 Å². The van der Waals surface area contributed by atoms with Crippen molar-refractivity contribution in [2.24, 2.45) is 23.7 Å². The van der Waals surface area contributed by atoms with Gasteiger partial charge in [-0.15, -0.1) is 0 Å². The summed E-state index contributed by atoms with van der Waals surface area (Å²) in [5.74, 6) is 4.10. The fourth-order valence-corrected chi connectivity index (χ4v) is 3.93. The predicted molar refractivity (Wildman–Crippen MR) is 43.2 cm³/mol. The van der Waals surface area contributed by atoms with Gasteiger partial charge in [-0.25, -0.2) is 0 Å². The second-order valence-corrected chi connectivity index (χ2v) is 4.47. The highest BCUT2D eigenvalue weighted by atomic mass is 16.5. The minimum absolute atomic E-state index is 0.684. The number of hydrogen-bond acceptors (Lipinski definition) is 1. The van der Waals surface area contributed by atoms with Crippen LogP contribution in [-0.2, 0) is 4.74 Å². The molecule has 4 fully saturated rings. The summed E-state index contributed by atoms with van der Waals surface area (Å²) in [6.07, 6.45) is 5.22. The average molecular weight is 152 g/mol. The molecular weight excluding hydrogens is 136 g/mol. The van der Waals surface area contributed by atoms with Gasteiger partial charge in [-0.3, -0.25) is 0 Å². The van der Waals surface area contributed by atoms with E-state index in [1.165, 1.54) is 12.8 Å². The minimum Gasteiger partial charge on any atom is -0.378 e. The molecule has 0 aliphatic heterocycles. The first-order valence-corrected chi connectivity index (χ1v) is 5.01. The van der Waals surface area contributed by atoms with Crippen LogP contribution in [0.15, 0.2) is 0 Å². The molecule has 0 aromatic heterocycles. The van der Waals surface area contributed by atoms with Gasteiger partial charge in [0, 0.05) is 6.61 Å². The van der Waals surface area contributed by atoms with Crippen LogP contribution in [0.25, 0.3) is 0 Å². The molecule has 0 radical (unpaired) electrons. The molecule has 0 aromatic rings. The van der Waals surface area contributed by atoms with Gasteiger partial charge in [0.25, 0.3) is 0 Å². The molecule has 4 aliphatic carbocycles. The Bertz CT molecular complexity index is 162. The zero-order chi connectivity index (χ0) is 7.42. The molecule has 0 aromatic carbocycles. The molecule has 4 unspecified atom stereocenters. The molecule has 0 amide bonds. The van der Waals surface area contributed by atoms with Crippen molar-refractivity contribution in [2.45, 2.75) is 32.3 Å². The fraction of sp³-hybridized carbons (Fsp3) is 1.00. The van der Waals surface area contributed by atoms with Crippen molar-refractivity contribution in [2.75, 3.05) is 6.61 Å². The van der Waals surface area contributed by atoms with Gasteiger partial charge in [0.15, 0.2) is 0 Å². The minimum atomic E-state index is 0.684. The molecule has 4 atom stereocenters. The Labute approximate surface area is 68.1 Å². The van der Waals surface area contributed by atoms with E-state index in [-0.39, 0.29) is 0 Å². The monoisotopic (exact) mass is 152 g/mol. The summed E-state index contributed by atoms with van der Waals surface area (Å²) in [5, 5.41) is 0. The van der Waals surface area contributed by atoms with Crippen LogP contribution in [0.4, 0.5) is 0 Å². The largest absolute Gasteiger partial charge is 0.378 e. The summed E-state index contributed by atoms with van der Waals surface area (Å²) in [4.78, 5) is 0. The van der Waals surface area contributed by atoms with Crippen LogP contribution in [-0.4, -0.2) is 12.7 Å². The lowest BCUT2D eigenvalue weighted by Gasteiger charge is -2.20. The number of rotatable bonds is 2. The lowest BCUT2D eigenvalue weighted by Crippen LogP contribution is -2.23. The molecule has 1 nitrogen and oxygen atoms in total. The number of ether oxygens (including phenoxy) is 1. The molecule has 0 saturated heterocycles. The van der Waals surface area contributed by atoms with Gasteiger partial charge < -0.3 is 4.74 Å². The Hall–Kier alpha value is -0.0400. The Morgan fingerprint density at radius 1 is 1.09 bits per heavy atom. The maximum absolute atomic E-state index is 5.79. The van der Waals surface area contributed by atoms with Crippen LogP contribution >= 0.6 is 0 Å². The first kappa shape index (κ1) is 6.47. The van der Waals surface area contributed by atoms with Crippen LogP contribution in [0.1, 0.15) is 26.2 Å². The van der Waals surface area contributed by atoms with Gasteiger partial charge in [0.05, 0.1) is 6.10 Å². The highest BCUT2D eigenvalue weighted by Gasteiger charge is 2.59. The van der Waals surface area contributed by atoms with Gasteiger partial charge in [-0.2, -0.15) is 0 Å². The van der Waals surface area contributed by atoms with Crippen molar-refractivity contribution >= 4 is 0 Å². The topological polar surface area (TPSA) is 9.23 Å². The zero-order valence-corrected chi connectivity index (χ0v) is 7.12. The first-order valence-electron chi connectivity index (χ1n) is 5.01. The van der Waals surface area contributed by atoms with E-state index < -0.39 is 0 Å². The third-order valence-electron chi connectivity index (χ3n) is 4.17. The summed E-state index contributed by atoms with van der Waals surface area (Å²) in [7, 11) is 0. The Morgan fingerprint density at radius 3 is 2.18 bits per heavy atom. The van der Waals surface area contributed by atoms with Gasteiger partial charge in [-0.05, 0) is 49.9 Å². The van der Waals surface area contributed by atoms with E-state index in [1.807, 2.05) is 0 Å². The third kappa shape index (κ3) is 0.658. The second-order valence-electron chi connectivity index (χ2n) is 4.47. The summed E-state index contributed by atoms with van der Waals surface area (Å²) in [5.41, 5.74) is 0.